The normalized spacial score (nSPS) is 33.1. The summed E-state index contributed by atoms with van der Waals surface area (Å²) in [6, 6.07) is 0. The van der Waals surface area contributed by atoms with Gasteiger partial charge >= 0.3 is 5.97 Å². The zero-order chi connectivity index (χ0) is 10.7. The molecule has 2 heteroatoms. The van der Waals surface area contributed by atoms with Crippen molar-refractivity contribution in [3.05, 3.63) is 7.11 Å². The molecule has 1 radical (unpaired) electrons. The molecule has 81 valence electrons. The summed E-state index contributed by atoms with van der Waals surface area (Å²) in [6.07, 6.45) is 3.36. The van der Waals surface area contributed by atoms with Gasteiger partial charge in [0.2, 0.25) is 0 Å². The first-order chi connectivity index (χ1) is 6.56. The van der Waals surface area contributed by atoms with E-state index < -0.39 is 0 Å². The van der Waals surface area contributed by atoms with E-state index in [1.54, 1.807) is 0 Å². The van der Waals surface area contributed by atoms with Crippen molar-refractivity contribution in [2.24, 2.45) is 23.7 Å². The number of carbonyl (C=O) groups is 1. The summed E-state index contributed by atoms with van der Waals surface area (Å²) in [4.78, 5) is 11.5. The van der Waals surface area contributed by atoms with E-state index in [0.717, 1.165) is 12.8 Å². The fourth-order valence-corrected chi connectivity index (χ4v) is 2.58. The van der Waals surface area contributed by atoms with Crippen LogP contribution < -0.4 is 0 Å². The van der Waals surface area contributed by atoms with Gasteiger partial charge in [-0.3, -0.25) is 4.79 Å². The Bertz CT molecular complexity index is 198. The number of esters is 1. The van der Waals surface area contributed by atoms with Gasteiger partial charge in [-0.15, -0.1) is 0 Å². The van der Waals surface area contributed by atoms with Crippen LogP contribution in [0.2, 0.25) is 0 Å². The second kappa shape index (κ2) is 4.81. The monoisotopic (exact) mass is 197 g/mol. The number of carbonyl (C=O) groups excluding carboxylic acids is 1. The molecule has 3 unspecified atom stereocenters. The Morgan fingerprint density at radius 3 is 2.57 bits per heavy atom. The minimum absolute atomic E-state index is 0.0799. The lowest BCUT2D eigenvalue weighted by atomic mass is 9.70. The molecule has 3 atom stereocenters. The molecule has 14 heavy (non-hydrogen) atoms. The maximum absolute atomic E-state index is 11.5. The molecule has 0 aromatic carbocycles. The summed E-state index contributed by atoms with van der Waals surface area (Å²) in [6.45, 7) is 6.58. The van der Waals surface area contributed by atoms with Gasteiger partial charge < -0.3 is 4.74 Å². The van der Waals surface area contributed by atoms with Crippen LogP contribution in [0, 0.1) is 30.8 Å². The topological polar surface area (TPSA) is 26.3 Å². The van der Waals surface area contributed by atoms with Gasteiger partial charge in [0.25, 0.3) is 0 Å². The molecule has 0 amide bonds. The van der Waals surface area contributed by atoms with Crippen molar-refractivity contribution in [3.63, 3.8) is 0 Å². The van der Waals surface area contributed by atoms with Crippen molar-refractivity contribution in [2.75, 3.05) is 0 Å². The summed E-state index contributed by atoms with van der Waals surface area (Å²) < 4.78 is 4.63. The third-order valence-corrected chi connectivity index (χ3v) is 3.47. The van der Waals surface area contributed by atoms with Crippen molar-refractivity contribution in [2.45, 2.75) is 40.0 Å². The van der Waals surface area contributed by atoms with E-state index in [4.69, 9.17) is 0 Å². The quantitative estimate of drug-likeness (QED) is 0.636. The molecule has 0 spiro atoms. The van der Waals surface area contributed by atoms with E-state index in [2.05, 4.69) is 32.6 Å². The van der Waals surface area contributed by atoms with Crippen LogP contribution in [-0.4, -0.2) is 5.97 Å². The lowest BCUT2D eigenvalue weighted by Crippen LogP contribution is -2.33. The van der Waals surface area contributed by atoms with Crippen LogP contribution in [0.5, 0.6) is 0 Å². The Morgan fingerprint density at radius 1 is 1.43 bits per heavy atom. The first-order valence-electron chi connectivity index (χ1n) is 5.52. The van der Waals surface area contributed by atoms with Gasteiger partial charge in [0.1, 0.15) is 7.11 Å². The van der Waals surface area contributed by atoms with Crippen LogP contribution in [0.4, 0.5) is 0 Å². The lowest BCUT2D eigenvalue weighted by molar-refractivity contribution is -0.148. The molecule has 1 aliphatic rings. The van der Waals surface area contributed by atoms with Crippen LogP contribution in [0.25, 0.3) is 0 Å². The summed E-state index contributed by atoms with van der Waals surface area (Å²) in [5.41, 5.74) is 0. The van der Waals surface area contributed by atoms with Crippen LogP contribution in [0.3, 0.4) is 0 Å². The molecule has 0 bridgehead atoms. The number of hydrogen-bond donors (Lipinski definition) is 0. The minimum atomic E-state index is -0.116. The molecule has 1 fully saturated rings. The van der Waals surface area contributed by atoms with Gasteiger partial charge in [0.15, 0.2) is 0 Å². The van der Waals surface area contributed by atoms with Crippen LogP contribution in [-0.2, 0) is 9.53 Å². The van der Waals surface area contributed by atoms with Crippen molar-refractivity contribution < 1.29 is 9.53 Å². The van der Waals surface area contributed by atoms with Gasteiger partial charge in [-0.2, -0.15) is 0 Å². The molecular weight excluding hydrogens is 176 g/mol. The zero-order valence-electron chi connectivity index (χ0n) is 9.45. The Kier molecular flexibility index (Phi) is 3.97. The first kappa shape index (κ1) is 11.5. The highest BCUT2D eigenvalue weighted by Gasteiger charge is 2.35. The highest BCUT2D eigenvalue weighted by Crippen LogP contribution is 2.38. The maximum atomic E-state index is 11.5. The third-order valence-electron chi connectivity index (χ3n) is 3.47. The highest BCUT2D eigenvalue weighted by molar-refractivity contribution is 5.73. The summed E-state index contributed by atoms with van der Waals surface area (Å²) in [5.74, 6) is 1.66. The Morgan fingerprint density at radius 2 is 2.07 bits per heavy atom. The van der Waals surface area contributed by atoms with Crippen LogP contribution >= 0.6 is 0 Å². The Labute approximate surface area is 87.0 Å². The van der Waals surface area contributed by atoms with Gasteiger partial charge in [-0.25, -0.2) is 0 Å². The average molecular weight is 197 g/mol. The minimum Gasteiger partial charge on any atom is -0.462 e. The Balaban J connectivity index is 2.68. The van der Waals surface area contributed by atoms with Crippen LogP contribution in [0.1, 0.15) is 40.0 Å². The fraction of sp³-hybridized carbons (Fsp3) is 0.833. The molecule has 2 nitrogen and oxygen atoms in total. The SMILES string of the molecule is [CH2]OC(=O)C1CC(C)CCC1C(C)C. The van der Waals surface area contributed by atoms with E-state index in [9.17, 15) is 4.79 Å². The molecule has 1 aliphatic carbocycles. The molecular formula is C12H21O2. The third kappa shape index (κ3) is 2.49. The average Bonchev–Trinajstić information content (AvgIpc) is 2.16. The first-order valence-corrected chi connectivity index (χ1v) is 5.52. The number of rotatable bonds is 2. The van der Waals surface area contributed by atoms with Gasteiger partial charge in [0, 0.05) is 0 Å². The van der Waals surface area contributed by atoms with Gasteiger partial charge in [0.05, 0.1) is 5.92 Å². The summed E-state index contributed by atoms with van der Waals surface area (Å²) in [7, 11) is 3.23. The van der Waals surface area contributed by atoms with E-state index in [-0.39, 0.29) is 11.9 Å². The van der Waals surface area contributed by atoms with Crippen molar-refractivity contribution in [3.8, 4) is 0 Å². The Hall–Kier alpha value is -0.530. The number of ether oxygens (including phenoxy) is 1. The smallest absolute Gasteiger partial charge is 0.309 e. The van der Waals surface area contributed by atoms with Crippen molar-refractivity contribution >= 4 is 5.97 Å². The highest BCUT2D eigenvalue weighted by atomic mass is 16.5. The van der Waals surface area contributed by atoms with Gasteiger partial charge in [-0.1, -0.05) is 27.2 Å². The number of hydrogen-bond acceptors (Lipinski definition) is 2. The molecule has 1 saturated carbocycles. The van der Waals surface area contributed by atoms with Gasteiger partial charge in [-0.05, 0) is 30.6 Å². The fourth-order valence-electron chi connectivity index (χ4n) is 2.58. The second-order valence-corrected chi connectivity index (χ2v) is 4.90. The predicted octanol–water partition coefficient (Wildman–Crippen LogP) is 3.03. The summed E-state index contributed by atoms with van der Waals surface area (Å²) in [5, 5.41) is 0. The molecule has 0 aromatic rings. The molecule has 0 saturated heterocycles. The lowest BCUT2D eigenvalue weighted by Gasteiger charge is -2.35. The molecule has 1 rings (SSSR count). The zero-order valence-corrected chi connectivity index (χ0v) is 9.45. The molecule has 0 aromatic heterocycles. The van der Waals surface area contributed by atoms with Crippen molar-refractivity contribution in [1.29, 1.82) is 0 Å². The second-order valence-electron chi connectivity index (χ2n) is 4.90. The summed E-state index contributed by atoms with van der Waals surface area (Å²) >= 11 is 0. The van der Waals surface area contributed by atoms with E-state index >= 15 is 0 Å². The largest absolute Gasteiger partial charge is 0.462 e. The molecule has 0 aliphatic heterocycles. The molecule has 0 N–H and O–H groups in total. The van der Waals surface area contributed by atoms with E-state index in [0.29, 0.717) is 17.8 Å². The molecule has 0 heterocycles. The van der Waals surface area contributed by atoms with E-state index in [1.807, 2.05) is 0 Å². The van der Waals surface area contributed by atoms with Crippen LogP contribution in [0.15, 0.2) is 0 Å². The predicted molar refractivity (Wildman–Crippen MR) is 56.3 cm³/mol. The standard InChI is InChI=1S/C12H21O2/c1-8(2)10-6-5-9(3)7-11(10)12(13)14-4/h8-11H,4-7H2,1-3H3. The van der Waals surface area contributed by atoms with Crippen molar-refractivity contribution in [1.82, 2.24) is 0 Å². The van der Waals surface area contributed by atoms with E-state index in [1.165, 1.54) is 6.42 Å². The maximum Gasteiger partial charge on any atom is 0.309 e.